The molecule has 2 aliphatic heterocycles. The number of urea groups is 1. The van der Waals surface area contributed by atoms with E-state index < -0.39 is 90.8 Å². The number of hydrogen-bond donors (Lipinski definition) is 12. The Kier molecular flexibility index (Phi) is 22.3. The molecule has 0 bridgehead atoms. The van der Waals surface area contributed by atoms with Crippen molar-refractivity contribution in [2.45, 2.75) is 120 Å². The number of primary amides is 2. The third-order valence-electron chi connectivity index (χ3n) is 10.5. The topological polar surface area (TPSA) is 351 Å². The van der Waals surface area contributed by atoms with Crippen molar-refractivity contribution in [3.05, 3.63) is 35.9 Å². The van der Waals surface area contributed by atoms with Crippen molar-refractivity contribution in [2.24, 2.45) is 23.3 Å². The highest BCUT2D eigenvalue weighted by atomic mass is 32.2. The van der Waals surface area contributed by atoms with Crippen molar-refractivity contribution in [3.8, 4) is 0 Å². The van der Waals surface area contributed by atoms with Crippen molar-refractivity contribution < 1.29 is 53.2 Å². The third kappa shape index (κ3) is 19.2. The molecule has 3 rings (SSSR count). The zero-order chi connectivity index (χ0) is 47.2. The number of thioether (sulfide) groups is 1. The smallest absolute Gasteiger partial charge is 0.315 e. The van der Waals surface area contributed by atoms with Gasteiger partial charge in [-0.3, -0.25) is 48.4 Å². The van der Waals surface area contributed by atoms with Gasteiger partial charge in [-0.15, -0.1) is 0 Å². The second-order valence-corrected chi connectivity index (χ2v) is 17.6. The molecule has 0 spiro atoms. The maximum absolute atomic E-state index is 13.6. The number of rotatable bonds is 29. The van der Waals surface area contributed by atoms with Crippen molar-refractivity contribution in [3.63, 3.8) is 0 Å². The summed E-state index contributed by atoms with van der Waals surface area (Å²) in [5, 5.41) is 30.1. The van der Waals surface area contributed by atoms with Crippen LogP contribution in [0.25, 0.3) is 0 Å². The number of hydroxylamine groups is 1. The van der Waals surface area contributed by atoms with E-state index >= 15 is 0 Å². The number of nitrogens with two attached hydrogens (primary N) is 2. The van der Waals surface area contributed by atoms with Crippen molar-refractivity contribution >= 4 is 71.0 Å². The molecule has 23 heteroatoms. The average Bonchev–Trinajstić information content (AvgIpc) is 3.80. The van der Waals surface area contributed by atoms with Gasteiger partial charge in [-0.1, -0.05) is 50.6 Å². The van der Waals surface area contributed by atoms with Crippen LogP contribution in [-0.4, -0.2) is 125 Å². The summed E-state index contributed by atoms with van der Waals surface area (Å²) in [4.78, 5) is 125. The van der Waals surface area contributed by atoms with Crippen LogP contribution >= 0.6 is 11.8 Å². The maximum atomic E-state index is 13.6. The van der Waals surface area contributed by atoms with E-state index in [2.05, 4.69) is 42.5 Å². The number of unbranched alkanes of at least 4 members (excludes halogenated alkanes) is 2. The van der Waals surface area contributed by atoms with E-state index in [4.69, 9.17) is 16.7 Å². The van der Waals surface area contributed by atoms with Gasteiger partial charge < -0.3 is 54.0 Å². The molecule has 0 radical (unpaired) electrons. The second kappa shape index (κ2) is 27.3. The quantitative estimate of drug-likeness (QED) is 0.0177. The van der Waals surface area contributed by atoms with Crippen LogP contribution in [0.1, 0.15) is 83.6 Å². The van der Waals surface area contributed by atoms with Gasteiger partial charge in [-0.05, 0) is 50.0 Å². The number of carbonyl (C=O) groups excluding carboxylic acids is 10. The molecule has 7 atom stereocenters. The minimum absolute atomic E-state index is 0.0327. The summed E-state index contributed by atoms with van der Waals surface area (Å²) in [5.74, 6) is -6.82. The fourth-order valence-electron chi connectivity index (χ4n) is 7.28. The Morgan fingerprint density at radius 1 is 0.750 bits per heavy atom. The molecule has 354 valence electrons. The first-order valence-corrected chi connectivity index (χ1v) is 22.4. The zero-order valence-corrected chi connectivity index (χ0v) is 37.0. The minimum Gasteiger partial charge on any atom is -0.370 e. The lowest BCUT2D eigenvalue weighted by Gasteiger charge is -2.25. The average molecular weight is 918 g/mol. The number of carbonyl (C=O) groups is 10. The lowest BCUT2D eigenvalue weighted by molar-refractivity contribution is -0.137. The molecule has 2 fully saturated rings. The summed E-state index contributed by atoms with van der Waals surface area (Å²) < 4.78 is 0. The summed E-state index contributed by atoms with van der Waals surface area (Å²) in [6.07, 6.45) is 3.13. The van der Waals surface area contributed by atoms with Crippen LogP contribution in [0, 0.1) is 11.8 Å². The van der Waals surface area contributed by atoms with E-state index in [1.807, 2.05) is 25.6 Å². The van der Waals surface area contributed by atoms with E-state index in [0.717, 1.165) is 18.6 Å². The number of nitrogens with one attached hydrogen (secondary N) is 9. The van der Waals surface area contributed by atoms with Crippen molar-refractivity contribution in [1.29, 1.82) is 0 Å². The number of fused-ring (bicyclic) bond motifs is 1. The number of amides is 11. The summed E-state index contributed by atoms with van der Waals surface area (Å²) >= 11 is 1.83. The van der Waals surface area contributed by atoms with Gasteiger partial charge in [0.2, 0.25) is 53.2 Å². The van der Waals surface area contributed by atoms with Crippen LogP contribution in [0.5, 0.6) is 0 Å². The van der Waals surface area contributed by atoms with Gasteiger partial charge >= 0.3 is 6.03 Å². The first-order valence-electron chi connectivity index (χ1n) is 21.4. The van der Waals surface area contributed by atoms with Gasteiger partial charge in [-0.25, -0.2) is 10.3 Å². The Balaban J connectivity index is 1.41. The Morgan fingerprint density at radius 2 is 1.45 bits per heavy atom. The van der Waals surface area contributed by atoms with Crippen LogP contribution < -0.4 is 59.5 Å². The van der Waals surface area contributed by atoms with Crippen molar-refractivity contribution in [1.82, 2.24) is 48.0 Å². The summed E-state index contributed by atoms with van der Waals surface area (Å²) in [6.45, 7) is 2.75. The molecule has 1 aromatic rings. The summed E-state index contributed by atoms with van der Waals surface area (Å²) in [7, 11) is 0. The highest BCUT2D eigenvalue weighted by Gasteiger charge is 2.42. The van der Waals surface area contributed by atoms with E-state index in [9.17, 15) is 47.9 Å². The third-order valence-corrected chi connectivity index (χ3v) is 12.0. The second-order valence-electron chi connectivity index (χ2n) is 16.3. The Bertz CT molecular complexity index is 1810. The van der Waals surface area contributed by atoms with Crippen molar-refractivity contribution in [2.75, 3.05) is 25.4 Å². The summed E-state index contributed by atoms with van der Waals surface area (Å²) in [6, 6.07) is 4.81. The molecule has 2 aliphatic rings. The molecule has 0 aromatic heterocycles. The standard InChI is InChI=1S/C41H63N11O11S/c1-23(2)16-25(18-33(55)52-63)38(59)48-27(17-24-10-4-3-5-11-24)40(61)49-28(19-31(42)53)39(60)46-20-34(56)45-21-35(57)47-26(37(43)58)12-8-9-15-44-32(54)14-7-6-13-30-36-29(22-64-30)50-41(62)51-36/h3-5,10-11,23,25-30,36,63H,6-9,12-22H2,1-2H3,(H2,42,53)(H2,43,58)(H,44,54)(H,45,56)(H,46,60)(H,47,57)(H,48,59)(H,49,61)(H,52,55)(H2,50,51,62)/t25?,26-,27-,28-,29-,30-,36-/m0/s1. The molecule has 1 aromatic carbocycles. The zero-order valence-electron chi connectivity index (χ0n) is 36.2. The lowest BCUT2D eigenvalue weighted by atomic mass is 9.92. The molecule has 2 heterocycles. The molecule has 2 saturated heterocycles. The summed E-state index contributed by atoms with van der Waals surface area (Å²) in [5.41, 5.74) is 13.0. The van der Waals surface area contributed by atoms with Crippen LogP contribution in [0.3, 0.4) is 0 Å². The van der Waals surface area contributed by atoms with E-state index in [-0.39, 0.29) is 55.6 Å². The van der Waals surface area contributed by atoms with E-state index in [1.54, 1.807) is 30.3 Å². The molecule has 22 nitrogen and oxygen atoms in total. The molecule has 0 aliphatic carbocycles. The molecule has 0 saturated carbocycles. The first kappa shape index (κ1) is 52.4. The van der Waals surface area contributed by atoms with Gasteiger partial charge in [-0.2, -0.15) is 11.8 Å². The van der Waals surface area contributed by atoms with Gasteiger partial charge in [0.15, 0.2) is 0 Å². The Labute approximate surface area is 375 Å². The maximum Gasteiger partial charge on any atom is 0.315 e. The molecule has 64 heavy (non-hydrogen) atoms. The van der Waals surface area contributed by atoms with Crippen LogP contribution in [0.15, 0.2) is 30.3 Å². The van der Waals surface area contributed by atoms with Crippen LogP contribution in [0.4, 0.5) is 4.79 Å². The van der Waals surface area contributed by atoms with Crippen LogP contribution in [0.2, 0.25) is 0 Å². The Morgan fingerprint density at radius 3 is 2.12 bits per heavy atom. The fourth-order valence-corrected chi connectivity index (χ4v) is 8.82. The minimum atomic E-state index is -1.58. The molecule has 1 unspecified atom stereocenters. The fraction of sp³-hybridized carbons (Fsp3) is 0.610. The lowest BCUT2D eigenvalue weighted by Crippen LogP contribution is -2.56. The molecule has 11 amide bonds. The highest BCUT2D eigenvalue weighted by Crippen LogP contribution is 2.33. The highest BCUT2D eigenvalue weighted by molar-refractivity contribution is 8.00. The van der Waals surface area contributed by atoms with E-state index in [1.165, 1.54) is 5.48 Å². The monoisotopic (exact) mass is 917 g/mol. The molecular formula is C41H63N11O11S. The molecular weight excluding hydrogens is 855 g/mol. The number of hydrogen-bond acceptors (Lipinski definition) is 12. The SMILES string of the molecule is CC(C)CC(CC(=O)NO)C(=O)N[C@@H](Cc1ccccc1)C(=O)N[C@@H](CC(N)=O)C(=O)NCC(=O)NCC(=O)N[C@@H](CCCCNC(=O)CCCC[C@@H]1SC[C@@H]2NC(=O)N[C@@H]21)C(N)=O. The largest absolute Gasteiger partial charge is 0.370 e. The first-order chi connectivity index (χ1) is 30.4. The number of benzene rings is 1. The van der Waals surface area contributed by atoms with E-state index in [0.29, 0.717) is 43.0 Å². The normalized spacial score (nSPS) is 18.1. The van der Waals surface area contributed by atoms with Crippen LogP contribution in [-0.2, 0) is 49.6 Å². The molecule has 14 N–H and O–H groups in total. The predicted octanol–water partition coefficient (Wildman–Crippen LogP) is -2.15. The van der Waals surface area contributed by atoms with Gasteiger partial charge in [0, 0.05) is 42.7 Å². The Hall–Kier alpha value is -5.97. The van der Waals surface area contributed by atoms with Gasteiger partial charge in [0.25, 0.3) is 0 Å². The van der Waals surface area contributed by atoms with Gasteiger partial charge in [0.1, 0.15) is 18.1 Å². The van der Waals surface area contributed by atoms with Gasteiger partial charge in [0.05, 0.1) is 31.6 Å². The predicted molar refractivity (Wildman–Crippen MR) is 233 cm³/mol.